The average Bonchev–Trinajstić information content (AvgIpc) is 2.93. The van der Waals surface area contributed by atoms with E-state index in [1.165, 1.54) is 4.90 Å². The topological polar surface area (TPSA) is 41.6 Å². The van der Waals surface area contributed by atoms with E-state index in [1.54, 1.807) is 0 Å². The summed E-state index contributed by atoms with van der Waals surface area (Å²) in [5.74, 6) is 0.426. The molecule has 122 valence electrons. The standard InChI is InChI=1S/C14H23F3N2O2/c15-14(16,17)10-19-6-2-11(3-7-19)1-5-18-13(20)12-4-8-21-9-12/h11-12H,1-10H2,(H,18,20)/t12-/m0/s1. The Morgan fingerprint density at radius 2 is 1.95 bits per heavy atom. The van der Waals surface area contributed by atoms with E-state index in [0.717, 1.165) is 25.7 Å². The maximum absolute atomic E-state index is 12.3. The van der Waals surface area contributed by atoms with E-state index in [1.807, 2.05) is 0 Å². The second-order valence-corrected chi connectivity index (χ2v) is 5.97. The highest BCUT2D eigenvalue weighted by molar-refractivity contribution is 5.78. The molecule has 4 nitrogen and oxygen atoms in total. The Kier molecular flexibility index (Phi) is 5.87. The van der Waals surface area contributed by atoms with Crippen molar-refractivity contribution in [2.24, 2.45) is 11.8 Å². The van der Waals surface area contributed by atoms with Crippen molar-refractivity contribution in [3.8, 4) is 0 Å². The molecule has 0 saturated carbocycles. The van der Waals surface area contributed by atoms with Crippen LogP contribution in [-0.4, -0.2) is 56.4 Å². The van der Waals surface area contributed by atoms with Gasteiger partial charge in [-0.2, -0.15) is 13.2 Å². The Labute approximate surface area is 123 Å². The summed E-state index contributed by atoms with van der Waals surface area (Å²) < 4.78 is 42.0. The third kappa shape index (κ3) is 5.82. The van der Waals surface area contributed by atoms with Crippen LogP contribution in [0.2, 0.25) is 0 Å². The first-order valence-corrected chi connectivity index (χ1v) is 7.58. The number of alkyl halides is 3. The van der Waals surface area contributed by atoms with Crippen LogP contribution in [0.4, 0.5) is 13.2 Å². The molecule has 2 saturated heterocycles. The van der Waals surface area contributed by atoms with Gasteiger partial charge in [0.15, 0.2) is 0 Å². The van der Waals surface area contributed by atoms with E-state index in [2.05, 4.69) is 5.32 Å². The first-order valence-electron chi connectivity index (χ1n) is 7.58. The van der Waals surface area contributed by atoms with E-state index < -0.39 is 12.7 Å². The molecule has 2 heterocycles. The van der Waals surface area contributed by atoms with Gasteiger partial charge in [0.1, 0.15) is 0 Å². The van der Waals surface area contributed by atoms with Gasteiger partial charge in [-0.1, -0.05) is 0 Å². The minimum Gasteiger partial charge on any atom is -0.381 e. The van der Waals surface area contributed by atoms with E-state index in [-0.39, 0.29) is 11.8 Å². The molecule has 0 aromatic carbocycles. The van der Waals surface area contributed by atoms with Crippen LogP contribution in [0.5, 0.6) is 0 Å². The SMILES string of the molecule is O=C(NCCC1CCN(CC(F)(F)F)CC1)[C@H]1CCOC1. The number of halogens is 3. The Balaban J connectivity index is 1.57. The predicted octanol–water partition coefficient (Wildman–Crippen LogP) is 1.80. The molecule has 2 fully saturated rings. The minimum absolute atomic E-state index is 0.0290. The third-order valence-corrected chi connectivity index (χ3v) is 4.26. The van der Waals surface area contributed by atoms with Crippen molar-refractivity contribution in [2.45, 2.75) is 31.9 Å². The molecule has 1 N–H and O–H groups in total. The van der Waals surface area contributed by atoms with Crippen molar-refractivity contribution < 1.29 is 22.7 Å². The second kappa shape index (κ2) is 7.45. The highest BCUT2D eigenvalue weighted by Crippen LogP contribution is 2.24. The van der Waals surface area contributed by atoms with Crippen LogP contribution < -0.4 is 5.32 Å². The molecule has 7 heteroatoms. The number of likely N-dealkylation sites (tertiary alicyclic amines) is 1. The zero-order valence-electron chi connectivity index (χ0n) is 12.1. The number of hydrogen-bond donors (Lipinski definition) is 1. The van der Waals surface area contributed by atoms with Crippen LogP contribution in [0.25, 0.3) is 0 Å². The van der Waals surface area contributed by atoms with Gasteiger partial charge in [-0.05, 0) is 44.7 Å². The average molecular weight is 308 g/mol. The molecule has 0 bridgehead atoms. The van der Waals surface area contributed by atoms with Crippen molar-refractivity contribution in [3.63, 3.8) is 0 Å². The fourth-order valence-electron chi connectivity index (χ4n) is 2.97. The van der Waals surface area contributed by atoms with Gasteiger partial charge in [-0.25, -0.2) is 0 Å². The summed E-state index contributed by atoms with van der Waals surface area (Å²) in [5.41, 5.74) is 0. The fraction of sp³-hybridized carbons (Fsp3) is 0.929. The lowest BCUT2D eigenvalue weighted by Gasteiger charge is -2.32. The number of nitrogens with one attached hydrogen (secondary N) is 1. The highest BCUT2D eigenvalue weighted by Gasteiger charge is 2.32. The molecular weight excluding hydrogens is 285 g/mol. The summed E-state index contributed by atoms with van der Waals surface area (Å²) in [6.45, 7) is 1.94. The van der Waals surface area contributed by atoms with Crippen LogP contribution in [-0.2, 0) is 9.53 Å². The third-order valence-electron chi connectivity index (χ3n) is 4.26. The van der Waals surface area contributed by atoms with Crippen molar-refractivity contribution in [3.05, 3.63) is 0 Å². The van der Waals surface area contributed by atoms with Gasteiger partial charge >= 0.3 is 6.18 Å². The molecule has 21 heavy (non-hydrogen) atoms. The molecule has 1 atom stereocenters. The first-order chi connectivity index (χ1) is 9.94. The Bertz CT molecular complexity index is 336. The molecule has 0 radical (unpaired) electrons. The second-order valence-electron chi connectivity index (χ2n) is 5.97. The van der Waals surface area contributed by atoms with Gasteiger partial charge < -0.3 is 10.1 Å². The van der Waals surface area contributed by atoms with Crippen LogP contribution in [0.3, 0.4) is 0 Å². The van der Waals surface area contributed by atoms with E-state index in [4.69, 9.17) is 4.74 Å². The van der Waals surface area contributed by atoms with E-state index in [9.17, 15) is 18.0 Å². The maximum Gasteiger partial charge on any atom is 0.401 e. The lowest BCUT2D eigenvalue weighted by atomic mass is 9.93. The van der Waals surface area contributed by atoms with Crippen molar-refractivity contribution in [1.82, 2.24) is 10.2 Å². The Morgan fingerprint density at radius 3 is 2.52 bits per heavy atom. The summed E-state index contributed by atoms with van der Waals surface area (Å²) in [6, 6.07) is 0. The molecule has 2 aliphatic heterocycles. The van der Waals surface area contributed by atoms with Crippen molar-refractivity contribution in [2.75, 3.05) is 39.4 Å². The molecule has 0 aliphatic carbocycles. The van der Waals surface area contributed by atoms with Crippen LogP contribution in [0.1, 0.15) is 25.7 Å². The van der Waals surface area contributed by atoms with Crippen LogP contribution in [0.15, 0.2) is 0 Å². The van der Waals surface area contributed by atoms with Gasteiger partial charge in [-0.3, -0.25) is 9.69 Å². The highest BCUT2D eigenvalue weighted by atomic mass is 19.4. The predicted molar refractivity (Wildman–Crippen MR) is 71.8 cm³/mol. The van der Waals surface area contributed by atoms with Crippen LogP contribution >= 0.6 is 0 Å². The van der Waals surface area contributed by atoms with Gasteiger partial charge in [-0.15, -0.1) is 0 Å². The van der Waals surface area contributed by atoms with Gasteiger partial charge in [0.05, 0.1) is 19.1 Å². The number of piperidine rings is 1. The quantitative estimate of drug-likeness (QED) is 0.842. The van der Waals surface area contributed by atoms with Gasteiger partial charge in [0, 0.05) is 13.2 Å². The van der Waals surface area contributed by atoms with E-state index >= 15 is 0 Å². The summed E-state index contributed by atoms with van der Waals surface area (Å²) in [4.78, 5) is 13.2. The molecule has 2 aliphatic rings. The number of ether oxygens (including phenoxy) is 1. The molecule has 0 spiro atoms. The number of carbonyl (C=O) groups excluding carboxylic acids is 1. The molecule has 1 amide bonds. The Morgan fingerprint density at radius 1 is 1.24 bits per heavy atom. The lowest BCUT2D eigenvalue weighted by molar-refractivity contribution is -0.148. The molecule has 0 unspecified atom stereocenters. The number of hydrogen-bond acceptors (Lipinski definition) is 3. The fourth-order valence-corrected chi connectivity index (χ4v) is 2.97. The first kappa shape index (κ1) is 16.5. The molecular formula is C14H23F3N2O2. The largest absolute Gasteiger partial charge is 0.401 e. The monoisotopic (exact) mass is 308 g/mol. The minimum atomic E-state index is -4.11. The summed E-state index contributed by atoms with van der Waals surface area (Å²) in [5, 5.41) is 2.91. The number of amides is 1. The van der Waals surface area contributed by atoms with Crippen molar-refractivity contribution in [1.29, 1.82) is 0 Å². The molecule has 2 rings (SSSR count). The number of nitrogens with zero attached hydrogens (tertiary/aromatic N) is 1. The smallest absolute Gasteiger partial charge is 0.381 e. The summed E-state index contributed by atoms with van der Waals surface area (Å²) in [7, 11) is 0. The normalized spacial score (nSPS) is 25.2. The number of rotatable bonds is 5. The number of carbonyl (C=O) groups is 1. The van der Waals surface area contributed by atoms with Gasteiger partial charge in [0.25, 0.3) is 0 Å². The van der Waals surface area contributed by atoms with Gasteiger partial charge in [0.2, 0.25) is 5.91 Å². The van der Waals surface area contributed by atoms with E-state index in [0.29, 0.717) is 38.8 Å². The zero-order chi connectivity index (χ0) is 15.3. The zero-order valence-corrected chi connectivity index (χ0v) is 12.1. The van der Waals surface area contributed by atoms with Crippen LogP contribution in [0, 0.1) is 11.8 Å². The lowest BCUT2D eigenvalue weighted by Crippen LogP contribution is -2.40. The molecule has 0 aromatic heterocycles. The summed E-state index contributed by atoms with van der Waals surface area (Å²) in [6.07, 6.45) is -0.929. The summed E-state index contributed by atoms with van der Waals surface area (Å²) >= 11 is 0. The van der Waals surface area contributed by atoms with Crippen molar-refractivity contribution >= 4 is 5.91 Å². The molecule has 0 aromatic rings. The maximum atomic E-state index is 12.3. The Hall–Kier alpha value is -0.820.